The van der Waals surface area contributed by atoms with Gasteiger partial charge in [0.15, 0.2) is 0 Å². The van der Waals surface area contributed by atoms with Crippen LogP contribution in [0.2, 0.25) is 10.0 Å². The Morgan fingerprint density at radius 2 is 1.53 bits per heavy atom. The molecule has 0 N–H and O–H groups in total. The first kappa shape index (κ1) is 27.9. The average Bonchev–Trinajstić information content (AvgIpc) is 2.91. The van der Waals surface area contributed by atoms with Crippen LogP contribution in [0.15, 0.2) is 65.6 Å². The monoisotopic (exact) mass is 577 g/mol. The molecular formula is C27H29Cl2N3O5S. The summed E-state index contributed by atoms with van der Waals surface area (Å²) in [6.07, 6.45) is 0. The fourth-order valence-corrected chi connectivity index (χ4v) is 6.49. The number of benzene rings is 3. The van der Waals surface area contributed by atoms with E-state index in [2.05, 4.69) is 4.90 Å². The van der Waals surface area contributed by atoms with E-state index in [1.165, 1.54) is 31.4 Å². The van der Waals surface area contributed by atoms with Gasteiger partial charge in [0.05, 0.1) is 19.9 Å². The summed E-state index contributed by atoms with van der Waals surface area (Å²) in [4.78, 5) is 17.3. The number of ether oxygens (including phenoxy) is 2. The van der Waals surface area contributed by atoms with Crippen LogP contribution < -0.4 is 18.7 Å². The molecule has 3 aromatic carbocycles. The average molecular weight is 579 g/mol. The molecule has 1 heterocycles. The molecule has 0 radical (unpaired) electrons. The van der Waals surface area contributed by atoms with E-state index >= 15 is 0 Å². The predicted molar refractivity (Wildman–Crippen MR) is 151 cm³/mol. The second-order valence-electron chi connectivity index (χ2n) is 8.86. The van der Waals surface area contributed by atoms with E-state index < -0.39 is 16.6 Å². The number of amides is 1. The van der Waals surface area contributed by atoms with Gasteiger partial charge in [-0.1, -0.05) is 29.3 Å². The molecule has 4 rings (SSSR count). The number of hydrogen-bond acceptors (Lipinski definition) is 6. The number of piperazine rings is 1. The molecule has 11 heteroatoms. The van der Waals surface area contributed by atoms with Gasteiger partial charge < -0.3 is 19.3 Å². The maximum Gasteiger partial charge on any atom is 0.268 e. The number of carbonyl (C=O) groups excluding carboxylic acids is 1. The predicted octanol–water partition coefficient (Wildman–Crippen LogP) is 4.86. The number of halogens is 2. The third-order valence-electron chi connectivity index (χ3n) is 6.37. The summed E-state index contributed by atoms with van der Waals surface area (Å²) in [5.74, 6) is 0.621. The van der Waals surface area contributed by atoms with Crippen LogP contribution in [0.5, 0.6) is 11.5 Å². The largest absolute Gasteiger partial charge is 0.497 e. The molecule has 0 aliphatic carbocycles. The number of methoxy groups -OCH3 is 2. The molecule has 0 bridgehead atoms. The van der Waals surface area contributed by atoms with Crippen LogP contribution in [0.25, 0.3) is 0 Å². The van der Waals surface area contributed by atoms with Crippen LogP contribution >= 0.6 is 23.2 Å². The van der Waals surface area contributed by atoms with Gasteiger partial charge in [0.1, 0.15) is 22.9 Å². The van der Waals surface area contributed by atoms with E-state index in [-0.39, 0.29) is 32.3 Å². The molecule has 8 nitrogen and oxygen atoms in total. The minimum absolute atomic E-state index is 0.0479. The van der Waals surface area contributed by atoms with Crippen molar-refractivity contribution in [3.63, 3.8) is 0 Å². The van der Waals surface area contributed by atoms with Crippen molar-refractivity contribution in [2.24, 2.45) is 0 Å². The van der Waals surface area contributed by atoms with E-state index in [9.17, 15) is 13.2 Å². The van der Waals surface area contributed by atoms with E-state index in [1.54, 1.807) is 31.1 Å². The molecule has 3 aromatic rings. The summed E-state index contributed by atoms with van der Waals surface area (Å²) in [5, 5.41) is 0.508. The Kier molecular flexibility index (Phi) is 8.60. The van der Waals surface area contributed by atoms with Gasteiger partial charge >= 0.3 is 0 Å². The molecular weight excluding hydrogens is 549 g/mol. The highest BCUT2D eigenvalue weighted by molar-refractivity contribution is 7.93. The summed E-state index contributed by atoms with van der Waals surface area (Å²) in [6, 6.07) is 17.1. The van der Waals surface area contributed by atoms with Crippen LogP contribution in [0.4, 0.5) is 11.4 Å². The quantitative estimate of drug-likeness (QED) is 0.380. The van der Waals surface area contributed by atoms with Crippen molar-refractivity contribution in [3.8, 4) is 11.5 Å². The zero-order chi connectivity index (χ0) is 27.4. The van der Waals surface area contributed by atoms with Crippen molar-refractivity contribution in [1.82, 2.24) is 4.90 Å². The Balaban J connectivity index is 1.59. The fourth-order valence-electron chi connectivity index (χ4n) is 4.33. The number of rotatable bonds is 8. The van der Waals surface area contributed by atoms with Crippen LogP contribution in [0.3, 0.4) is 0 Å². The zero-order valence-electron chi connectivity index (χ0n) is 21.4. The first-order valence-corrected chi connectivity index (χ1v) is 14.1. The zero-order valence-corrected chi connectivity index (χ0v) is 23.7. The lowest BCUT2D eigenvalue weighted by Gasteiger charge is -2.37. The van der Waals surface area contributed by atoms with Crippen LogP contribution in [0.1, 0.15) is 5.56 Å². The molecule has 202 valence electrons. The lowest BCUT2D eigenvalue weighted by atomic mass is 10.2. The first-order chi connectivity index (χ1) is 18.1. The lowest BCUT2D eigenvalue weighted by Crippen LogP contribution is -2.52. The van der Waals surface area contributed by atoms with Gasteiger partial charge in [-0.05, 0) is 67.1 Å². The SMILES string of the molecule is COc1ccc(N2CCN(C(=O)CN(c3cc(Cl)cc(Cl)c3)S(=O)(=O)c3cc(C)ccc3OC)CC2)cc1. The topological polar surface area (TPSA) is 79.4 Å². The lowest BCUT2D eigenvalue weighted by molar-refractivity contribution is -0.129. The Morgan fingerprint density at radius 1 is 0.895 bits per heavy atom. The number of aryl methyl sites for hydroxylation is 1. The van der Waals surface area contributed by atoms with Crippen molar-refractivity contribution < 1.29 is 22.7 Å². The van der Waals surface area contributed by atoms with Gasteiger partial charge in [0.25, 0.3) is 10.0 Å². The summed E-state index contributed by atoms with van der Waals surface area (Å²) >= 11 is 12.4. The van der Waals surface area contributed by atoms with Gasteiger partial charge in [-0.15, -0.1) is 0 Å². The Bertz CT molecular complexity index is 1390. The highest BCUT2D eigenvalue weighted by Crippen LogP contribution is 2.33. The highest BCUT2D eigenvalue weighted by Gasteiger charge is 2.33. The Hall–Kier alpha value is -3.14. The maximum atomic E-state index is 14.0. The Morgan fingerprint density at radius 3 is 2.11 bits per heavy atom. The normalized spacial score (nSPS) is 13.8. The van der Waals surface area contributed by atoms with Crippen molar-refractivity contribution in [3.05, 3.63) is 76.3 Å². The number of sulfonamides is 1. The third-order valence-corrected chi connectivity index (χ3v) is 8.60. The fraction of sp³-hybridized carbons (Fsp3) is 0.296. The van der Waals surface area contributed by atoms with E-state index in [0.29, 0.717) is 26.2 Å². The van der Waals surface area contributed by atoms with Crippen LogP contribution in [-0.2, 0) is 14.8 Å². The van der Waals surface area contributed by atoms with Gasteiger partial charge in [-0.25, -0.2) is 8.42 Å². The van der Waals surface area contributed by atoms with Crippen molar-refractivity contribution in [2.75, 3.05) is 56.1 Å². The van der Waals surface area contributed by atoms with Crippen molar-refractivity contribution in [1.29, 1.82) is 0 Å². The summed E-state index contributed by atoms with van der Waals surface area (Å²) in [6.45, 7) is 3.48. The van der Waals surface area contributed by atoms with Crippen molar-refractivity contribution >= 4 is 50.5 Å². The van der Waals surface area contributed by atoms with E-state index in [4.69, 9.17) is 32.7 Å². The molecule has 0 saturated carbocycles. The molecule has 0 spiro atoms. The summed E-state index contributed by atoms with van der Waals surface area (Å²) in [7, 11) is -1.20. The molecule has 1 aliphatic rings. The van der Waals surface area contributed by atoms with E-state index in [1.807, 2.05) is 24.3 Å². The number of carbonyl (C=O) groups is 1. The standard InChI is InChI=1S/C27H29Cl2N3O5S/c1-19-4-9-25(37-3)26(14-19)38(34,35)32(23-16-20(28)15-21(29)17-23)18-27(33)31-12-10-30(11-13-31)22-5-7-24(36-2)8-6-22/h4-9,14-17H,10-13,18H2,1-3H3. The molecule has 1 aliphatic heterocycles. The molecule has 0 unspecified atom stereocenters. The van der Waals surface area contributed by atoms with Crippen LogP contribution in [0, 0.1) is 6.92 Å². The van der Waals surface area contributed by atoms with Crippen molar-refractivity contribution in [2.45, 2.75) is 11.8 Å². The summed E-state index contributed by atoms with van der Waals surface area (Å²) < 4.78 is 39.5. The van der Waals surface area contributed by atoms with Gasteiger partial charge in [-0.2, -0.15) is 0 Å². The highest BCUT2D eigenvalue weighted by atomic mass is 35.5. The maximum absolute atomic E-state index is 14.0. The first-order valence-electron chi connectivity index (χ1n) is 11.9. The molecule has 1 amide bonds. The molecule has 1 saturated heterocycles. The van der Waals surface area contributed by atoms with Gasteiger partial charge in [-0.3, -0.25) is 9.10 Å². The van der Waals surface area contributed by atoms with Gasteiger partial charge in [0.2, 0.25) is 5.91 Å². The van der Waals surface area contributed by atoms with Crippen LogP contribution in [-0.4, -0.2) is 66.2 Å². The molecule has 1 fully saturated rings. The minimum Gasteiger partial charge on any atom is -0.497 e. The van der Waals surface area contributed by atoms with Gasteiger partial charge in [0, 0.05) is 41.9 Å². The van der Waals surface area contributed by atoms with E-state index in [0.717, 1.165) is 21.3 Å². The smallest absolute Gasteiger partial charge is 0.268 e. The Labute approximate surface area is 233 Å². The number of anilines is 2. The molecule has 38 heavy (non-hydrogen) atoms. The summed E-state index contributed by atoms with van der Waals surface area (Å²) in [5.41, 5.74) is 1.95. The molecule has 0 aromatic heterocycles. The minimum atomic E-state index is -4.23. The number of nitrogens with zero attached hydrogens (tertiary/aromatic N) is 3. The number of hydrogen-bond donors (Lipinski definition) is 0. The molecule has 0 atom stereocenters. The second-order valence-corrected chi connectivity index (χ2v) is 11.6. The second kappa shape index (κ2) is 11.7. The third kappa shape index (κ3) is 6.11.